The number of nitrogens with one attached hydrogen (secondary N) is 1. The Bertz CT molecular complexity index is 346. The van der Waals surface area contributed by atoms with Crippen molar-refractivity contribution < 1.29 is 4.39 Å². The Labute approximate surface area is 80.9 Å². The summed E-state index contributed by atoms with van der Waals surface area (Å²) in [7, 11) is 0. The van der Waals surface area contributed by atoms with Crippen molar-refractivity contribution in [1.29, 1.82) is 5.26 Å². The van der Waals surface area contributed by atoms with Crippen LogP contribution in [0.4, 0.5) is 10.1 Å². The van der Waals surface area contributed by atoms with Gasteiger partial charge in [0.15, 0.2) is 0 Å². The molecule has 1 unspecified atom stereocenters. The summed E-state index contributed by atoms with van der Waals surface area (Å²) in [6.07, 6.45) is 0. The first-order chi connectivity index (χ1) is 6.13. The molecule has 0 aliphatic heterocycles. The second-order valence-corrected chi connectivity index (χ2v) is 3.03. The number of hydrogen-bond donors (Lipinski definition) is 1. The molecule has 2 nitrogen and oxygen atoms in total. The van der Waals surface area contributed by atoms with Crippen molar-refractivity contribution >= 4 is 17.3 Å². The van der Waals surface area contributed by atoms with Gasteiger partial charge in [-0.2, -0.15) is 5.26 Å². The Morgan fingerprint density at radius 2 is 2.31 bits per heavy atom. The Morgan fingerprint density at radius 1 is 1.62 bits per heavy atom. The summed E-state index contributed by atoms with van der Waals surface area (Å²) in [6, 6.07) is 5.97. The van der Waals surface area contributed by atoms with Gasteiger partial charge in [0.25, 0.3) is 0 Å². The molecule has 4 heteroatoms. The molecular formula is C9H8ClFN2. The van der Waals surface area contributed by atoms with Crippen molar-refractivity contribution in [1.82, 2.24) is 0 Å². The lowest BCUT2D eigenvalue weighted by Gasteiger charge is -2.07. The van der Waals surface area contributed by atoms with Gasteiger partial charge in [-0.25, -0.2) is 4.39 Å². The molecule has 1 aromatic carbocycles. The molecule has 1 aromatic rings. The van der Waals surface area contributed by atoms with Crippen LogP contribution >= 0.6 is 11.6 Å². The average molecular weight is 199 g/mol. The summed E-state index contributed by atoms with van der Waals surface area (Å²) in [6.45, 7) is 1.69. The summed E-state index contributed by atoms with van der Waals surface area (Å²) in [4.78, 5) is 0. The van der Waals surface area contributed by atoms with Crippen molar-refractivity contribution in [2.75, 3.05) is 5.32 Å². The molecule has 0 radical (unpaired) electrons. The van der Waals surface area contributed by atoms with E-state index in [-0.39, 0.29) is 11.1 Å². The summed E-state index contributed by atoms with van der Waals surface area (Å²) in [5.41, 5.74) is 0.552. The third kappa shape index (κ3) is 2.60. The maximum atomic E-state index is 12.9. The SMILES string of the molecule is CC(C#N)Nc1ccc(Cl)c(F)c1. The quantitative estimate of drug-likeness (QED) is 0.793. The van der Waals surface area contributed by atoms with Gasteiger partial charge in [-0.05, 0) is 25.1 Å². The lowest BCUT2D eigenvalue weighted by Crippen LogP contribution is -2.11. The van der Waals surface area contributed by atoms with E-state index in [9.17, 15) is 4.39 Å². The minimum absolute atomic E-state index is 0.0789. The van der Waals surface area contributed by atoms with E-state index in [0.717, 1.165) is 0 Å². The Balaban J connectivity index is 2.81. The van der Waals surface area contributed by atoms with E-state index in [0.29, 0.717) is 5.69 Å². The van der Waals surface area contributed by atoms with Crippen LogP contribution in [-0.2, 0) is 0 Å². The first-order valence-electron chi connectivity index (χ1n) is 3.74. The molecule has 0 spiro atoms. The second-order valence-electron chi connectivity index (χ2n) is 2.62. The van der Waals surface area contributed by atoms with Gasteiger partial charge in [-0.1, -0.05) is 11.6 Å². The van der Waals surface area contributed by atoms with Gasteiger partial charge in [-0.15, -0.1) is 0 Å². The number of hydrogen-bond acceptors (Lipinski definition) is 2. The molecule has 0 saturated carbocycles. The fraction of sp³-hybridized carbons (Fsp3) is 0.222. The molecule has 1 atom stereocenters. The fourth-order valence-electron chi connectivity index (χ4n) is 0.868. The van der Waals surface area contributed by atoms with Crippen molar-refractivity contribution in [3.8, 4) is 6.07 Å². The van der Waals surface area contributed by atoms with Gasteiger partial charge < -0.3 is 5.32 Å². The third-order valence-corrected chi connectivity index (χ3v) is 1.80. The summed E-state index contributed by atoms with van der Waals surface area (Å²) < 4.78 is 12.9. The topological polar surface area (TPSA) is 35.8 Å². The van der Waals surface area contributed by atoms with E-state index in [1.54, 1.807) is 13.0 Å². The van der Waals surface area contributed by atoms with Crippen LogP contribution in [0.15, 0.2) is 18.2 Å². The smallest absolute Gasteiger partial charge is 0.143 e. The zero-order chi connectivity index (χ0) is 9.84. The molecule has 0 aliphatic rings. The van der Waals surface area contributed by atoms with Gasteiger partial charge in [0.2, 0.25) is 0 Å². The van der Waals surface area contributed by atoms with Gasteiger partial charge >= 0.3 is 0 Å². The van der Waals surface area contributed by atoms with Gasteiger partial charge in [0.05, 0.1) is 11.1 Å². The number of halogens is 2. The normalized spacial score (nSPS) is 11.8. The van der Waals surface area contributed by atoms with Crippen LogP contribution in [0.25, 0.3) is 0 Å². The van der Waals surface area contributed by atoms with E-state index in [2.05, 4.69) is 5.32 Å². The van der Waals surface area contributed by atoms with E-state index in [1.165, 1.54) is 12.1 Å². The van der Waals surface area contributed by atoms with Crippen molar-refractivity contribution in [2.24, 2.45) is 0 Å². The lowest BCUT2D eigenvalue weighted by molar-refractivity contribution is 0.628. The molecule has 0 bridgehead atoms. The molecule has 1 rings (SSSR count). The molecule has 0 heterocycles. The predicted octanol–water partition coefficient (Wildman–Crippen LogP) is 2.80. The molecule has 0 aromatic heterocycles. The zero-order valence-corrected chi connectivity index (χ0v) is 7.77. The summed E-state index contributed by atoms with van der Waals surface area (Å²) in [5.74, 6) is -0.489. The Morgan fingerprint density at radius 3 is 2.85 bits per heavy atom. The number of anilines is 1. The summed E-state index contributed by atoms with van der Waals surface area (Å²) >= 11 is 5.48. The van der Waals surface area contributed by atoms with Crippen LogP contribution in [0.3, 0.4) is 0 Å². The van der Waals surface area contributed by atoms with Crippen LogP contribution in [0.2, 0.25) is 5.02 Å². The molecular weight excluding hydrogens is 191 g/mol. The number of benzene rings is 1. The molecule has 1 N–H and O–H groups in total. The first-order valence-corrected chi connectivity index (χ1v) is 4.12. The van der Waals surface area contributed by atoms with Gasteiger partial charge in [-0.3, -0.25) is 0 Å². The van der Waals surface area contributed by atoms with Crippen molar-refractivity contribution in [3.63, 3.8) is 0 Å². The predicted molar refractivity (Wildman–Crippen MR) is 50.1 cm³/mol. The van der Waals surface area contributed by atoms with Crippen LogP contribution in [0, 0.1) is 17.1 Å². The van der Waals surface area contributed by atoms with E-state index in [4.69, 9.17) is 16.9 Å². The van der Waals surface area contributed by atoms with Crippen molar-refractivity contribution in [2.45, 2.75) is 13.0 Å². The highest BCUT2D eigenvalue weighted by atomic mass is 35.5. The van der Waals surface area contributed by atoms with Crippen LogP contribution in [0.1, 0.15) is 6.92 Å². The van der Waals surface area contributed by atoms with E-state index < -0.39 is 5.82 Å². The Hall–Kier alpha value is -1.27. The molecule has 13 heavy (non-hydrogen) atoms. The van der Waals surface area contributed by atoms with Crippen LogP contribution in [0.5, 0.6) is 0 Å². The van der Waals surface area contributed by atoms with Crippen LogP contribution in [-0.4, -0.2) is 6.04 Å². The third-order valence-electron chi connectivity index (χ3n) is 1.50. The average Bonchev–Trinajstić information content (AvgIpc) is 2.11. The lowest BCUT2D eigenvalue weighted by atomic mass is 10.3. The molecule has 0 saturated heterocycles. The largest absolute Gasteiger partial charge is 0.370 e. The maximum Gasteiger partial charge on any atom is 0.143 e. The minimum Gasteiger partial charge on any atom is -0.370 e. The molecule has 0 aliphatic carbocycles. The van der Waals surface area contributed by atoms with Crippen LogP contribution < -0.4 is 5.32 Å². The zero-order valence-electron chi connectivity index (χ0n) is 7.01. The highest BCUT2D eigenvalue weighted by Gasteiger charge is 2.02. The van der Waals surface area contributed by atoms with Gasteiger partial charge in [0, 0.05) is 5.69 Å². The number of nitriles is 1. The highest BCUT2D eigenvalue weighted by Crippen LogP contribution is 2.18. The molecule has 68 valence electrons. The highest BCUT2D eigenvalue weighted by molar-refractivity contribution is 6.30. The minimum atomic E-state index is -0.489. The van der Waals surface area contributed by atoms with E-state index in [1.807, 2.05) is 6.07 Å². The number of nitrogens with zero attached hydrogens (tertiary/aromatic N) is 1. The Kier molecular flexibility index (Phi) is 3.10. The maximum absolute atomic E-state index is 12.9. The first kappa shape index (κ1) is 9.82. The molecule has 0 amide bonds. The summed E-state index contributed by atoms with van der Waals surface area (Å²) in [5, 5.41) is 11.4. The van der Waals surface area contributed by atoms with E-state index >= 15 is 0 Å². The monoisotopic (exact) mass is 198 g/mol. The number of rotatable bonds is 2. The fourth-order valence-corrected chi connectivity index (χ4v) is 0.986. The van der Waals surface area contributed by atoms with Crippen molar-refractivity contribution in [3.05, 3.63) is 29.0 Å². The van der Waals surface area contributed by atoms with Gasteiger partial charge in [0.1, 0.15) is 11.9 Å². The standard InChI is InChI=1S/C9H8ClFN2/c1-6(5-12)13-7-2-3-8(10)9(11)4-7/h2-4,6,13H,1H3. The second kappa shape index (κ2) is 4.11. The molecule has 0 fully saturated rings.